The van der Waals surface area contributed by atoms with Crippen molar-refractivity contribution in [3.05, 3.63) is 58.1 Å². The Morgan fingerprint density at radius 2 is 1.71 bits per heavy atom. The van der Waals surface area contributed by atoms with Crippen LogP contribution in [0.3, 0.4) is 0 Å². The highest BCUT2D eigenvalue weighted by molar-refractivity contribution is 6.33. The second-order valence-electron chi connectivity index (χ2n) is 5.17. The van der Waals surface area contributed by atoms with Crippen molar-refractivity contribution in [2.24, 2.45) is 7.05 Å². The maximum atomic E-state index is 13.8. The Morgan fingerprint density at radius 1 is 1.00 bits per heavy atom. The van der Waals surface area contributed by atoms with Crippen LogP contribution in [0.4, 0.5) is 17.6 Å². The zero-order valence-corrected chi connectivity index (χ0v) is 13.3. The summed E-state index contributed by atoms with van der Waals surface area (Å²) < 4.78 is 55.0. The average molecular weight is 356 g/mol. The number of aromatic nitrogens is 3. The lowest BCUT2D eigenvalue weighted by Crippen LogP contribution is -2.01. The lowest BCUT2D eigenvalue weighted by molar-refractivity contribution is 0.444. The van der Waals surface area contributed by atoms with E-state index in [0.29, 0.717) is 5.56 Å². The molecular weight excluding hydrogens is 346 g/mol. The van der Waals surface area contributed by atoms with Crippen LogP contribution < -0.4 is 0 Å². The predicted molar refractivity (Wildman–Crippen MR) is 81.5 cm³/mol. The van der Waals surface area contributed by atoms with Gasteiger partial charge in [-0.3, -0.25) is 0 Å². The molecule has 0 saturated heterocycles. The van der Waals surface area contributed by atoms with Gasteiger partial charge in [0.05, 0.1) is 5.02 Å². The molecule has 3 nitrogen and oxygen atoms in total. The summed E-state index contributed by atoms with van der Waals surface area (Å²) in [6, 6.07) is 4.55. The van der Waals surface area contributed by atoms with Gasteiger partial charge in [-0.2, -0.15) is 5.10 Å². The first-order chi connectivity index (χ1) is 11.3. The highest BCUT2D eigenvalue weighted by atomic mass is 35.5. The van der Waals surface area contributed by atoms with Gasteiger partial charge < -0.3 is 0 Å². The minimum Gasteiger partial charge on any atom is -0.248 e. The van der Waals surface area contributed by atoms with Gasteiger partial charge in [-0.15, -0.1) is 0 Å². The number of nitrogens with zero attached hydrogens (tertiary/aromatic N) is 3. The van der Waals surface area contributed by atoms with Gasteiger partial charge in [0.2, 0.25) is 0 Å². The quantitative estimate of drug-likeness (QED) is 0.494. The highest BCUT2D eigenvalue weighted by Gasteiger charge is 2.21. The molecule has 0 saturated carbocycles. The zero-order chi connectivity index (χ0) is 17.6. The van der Waals surface area contributed by atoms with Crippen molar-refractivity contribution in [2.45, 2.75) is 6.92 Å². The van der Waals surface area contributed by atoms with E-state index < -0.39 is 23.3 Å². The van der Waals surface area contributed by atoms with Gasteiger partial charge >= 0.3 is 0 Å². The molecular formula is C16H10ClF4N3. The Hall–Kier alpha value is -2.41. The Bertz CT molecular complexity index is 953. The van der Waals surface area contributed by atoms with Gasteiger partial charge in [0.1, 0.15) is 5.82 Å². The van der Waals surface area contributed by atoms with Crippen LogP contribution >= 0.6 is 11.6 Å². The zero-order valence-electron chi connectivity index (χ0n) is 12.5. The molecule has 0 fully saturated rings. The second kappa shape index (κ2) is 5.90. The molecule has 0 aliphatic rings. The first-order valence-electron chi connectivity index (χ1n) is 6.80. The minimum atomic E-state index is -1.54. The third kappa shape index (κ3) is 2.65. The van der Waals surface area contributed by atoms with Crippen molar-refractivity contribution in [2.75, 3.05) is 0 Å². The summed E-state index contributed by atoms with van der Waals surface area (Å²) in [5, 5.41) is 4.23. The van der Waals surface area contributed by atoms with Crippen LogP contribution in [0.25, 0.3) is 22.8 Å². The SMILES string of the molecule is Cc1c(-c2nc(-c3ccc(F)cc3Cl)nn2C)cc(F)c(F)c1F. The van der Waals surface area contributed by atoms with E-state index in [2.05, 4.69) is 10.1 Å². The van der Waals surface area contributed by atoms with Crippen LogP contribution in [0.5, 0.6) is 0 Å². The van der Waals surface area contributed by atoms with Gasteiger partial charge in [0.25, 0.3) is 0 Å². The molecule has 124 valence electrons. The van der Waals surface area contributed by atoms with Crippen molar-refractivity contribution in [3.8, 4) is 22.8 Å². The smallest absolute Gasteiger partial charge is 0.194 e. The van der Waals surface area contributed by atoms with Gasteiger partial charge in [-0.25, -0.2) is 27.2 Å². The molecule has 2 aromatic carbocycles. The van der Waals surface area contributed by atoms with Crippen molar-refractivity contribution in [3.63, 3.8) is 0 Å². The third-order valence-electron chi connectivity index (χ3n) is 3.58. The molecule has 3 rings (SSSR count). The summed E-state index contributed by atoms with van der Waals surface area (Å²) in [4.78, 5) is 4.20. The fourth-order valence-electron chi connectivity index (χ4n) is 2.32. The second-order valence-corrected chi connectivity index (χ2v) is 5.57. The lowest BCUT2D eigenvalue weighted by atomic mass is 10.1. The largest absolute Gasteiger partial charge is 0.248 e. The van der Waals surface area contributed by atoms with E-state index in [-0.39, 0.29) is 27.8 Å². The van der Waals surface area contributed by atoms with E-state index in [4.69, 9.17) is 11.6 Å². The Labute approximate surface area is 139 Å². The van der Waals surface area contributed by atoms with Crippen molar-refractivity contribution < 1.29 is 17.6 Å². The van der Waals surface area contributed by atoms with E-state index in [9.17, 15) is 17.6 Å². The maximum absolute atomic E-state index is 13.8. The highest BCUT2D eigenvalue weighted by Crippen LogP contribution is 2.31. The molecule has 0 bridgehead atoms. The summed E-state index contributed by atoms with van der Waals surface area (Å²) in [6.07, 6.45) is 0. The van der Waals surface area contributed by atoms with E-state index in [1.54, 1.807) is 0 Å². The standard InChI is InChI=1S/C16H10ClF4N3/c1-7-10(6-12(19)14(21)13(7)20)16-22-15(23-24(16)2)9-4-3-8(18)5-11(9)17/h3-6H,1-2H3. The van der Waals surface area contributed by atoms with Crippen LogP contribution in [-0.2, 0) is 7.05 Å². The summed E-state index contributed by atoms with van der Waals surface area (Å²) in [5.41, 5.74) is 0.327. The predicted octanol–water partition coefficient (Wildman–Crippen LogP) is 4.67. The van der Waals surface area contributed by atoms with Crippen LogP contribution in [-0.4, -0.2) is 14.8 Å². The first-order valence-corrected chi connectivity index (χ1v) is 7.18. The maximum Gasteiger partial charge on any atom is 0.194 e. The molecule has 1 aromatic heterocycles. The Balaban J connectivity index is 2.17. The summed E-state index contributed by atoms with van der Waals surface area (Å²) in [6.45, 7) is 1.31. The van der Waals surface area contributed by atoms with Crippen LogP contribution in [0.15, 0.2) is 24.3 Å². The number of hydrogen-bond acceptors (Lipinski definition) is 2. The molecule has 1 heterocycles. The van der Waals surface area contributed by atoms with E-state index in [1.165, 1.54) is 30.8 Å². The summed E-state index contributed by atoms with van der Waals surface area (Å²) >= 11 is 5.98. The van der Waals surface area contributed by atoms with Gasteiger partial charge in [-0.05, 0) is 36.8 Å². The van der Waals surface area contributed by atoms with Crippen LogP contribution in [0.2, 0.25) is 5.02 Å². The molecule has 0 unspecified atom stereocenters. The fourth-order valence-corrected chi connectivity index (χ4v) is 2.57. The monoisotopic (exact) mass is 355 g/mol. The van der Waals surface area contributed by atoms with Gasteiger partial charge in [-0.1, -0.05) is 11.6 Å². The number of hydrogen-bond donors (Lipinski definition) is 0. The van der Waals surface area contributed by atoms with Crippen LogP contribution in [0, 0.1) is 30.2 Å². The number of halogens is 5. The Kier molecular flexibility index (Phi) is 4.04. The molecule has 0 amide bonds. The topological polar surface area (TPSA) is 30.7 Å². The molecule has 0 N–H and O–H groups in total. The average Bonchev–Trinajstić information content (AvgIpc) is 2.90. The van der Waals surface area contributed by atoms with Crippen molar-refractivity contribution in [1.82, 2.24) is 14.8 Å². The lowest BCUT2D eigenvalue weighted by Gasteiger charge is -2.07. The minimum absolute atomic E-state index is 0.0610. The molecule has 0 spiro atoms. The number of rotatable bonds is 2. The van der Waals surface area contributed by atoms with E-state index >= 15 is 0 Å². The third-order valence-corrected chi connectivity index (χ3v) is 3.90. The number of aryl methyl sites for hydroxylation is 1. The Morgan fingerprint density at radius 3 is 2.38 bits per heavy atom. The first kappa shape index (κ1) is 16.4. The molecule has 8 heteroatoms. The molecule has 0 aliphatic heterocycles. The molecule has 0 radical (unpaired) electrons. The van der Waals surface area contributed by atoms with Crippen molar-refractivity contribution >= 4 is 11.6 Å². The molecule has 0 aliphatic carbocycles. The fraction of sp³-hybridized carbons (Fsp3) is 0.125. The van der Waals surface area contributed by atoms with E-state index in [1.807, 2.05) is 0 Å². The van der Waals surface area contributed by atoms with Gasteiger partial charge in [0, 0.05) is 18.2 Å². The molecule has 3 aromatic rings. The summed E-state index contributed by atoms with van der Waals surface area (Å²) in [5.74, 6) is -4.38. The van der Waals surface area contributed by atoms with Gasteiger partial charge in [0.15, 0.2) is 29.1 Å². The van der Waals surface area contributed by atoms with Crippen LogP contribution in [0.1, 0.15) is 5.56 Å². The molecule has 0 atom stereocenters. The molecule has 24 heavy (non-hydrogen) atoms. The summed E-state index contributed by atoms with van der Waals surface area (Å²) in [7, 11) is 1.52. The van der Waals surface area contributed by atoms with E-state index in [0.717, 1.165) is 12.1 Å². The number of benzene rings is 2. The van der Waals surface area contributed by atoms with Crippen molar-refractivity contribution in [1.29, 1.82) is 0 Å². The normalized spacial score (nSPS) is 11.1.